The van der Waals surface area contributed by atoms with Gasteiger partial charge in [0, 0.05) is 18.3 Å². The van der Waals surface area contributed by atoms with E-state index in [0.717, 1.165) is 9.91 Å². The van der Waals surface area contributed by atoms with E-state index in [-0.39, 0.29) is 18.1 Å². The molecule has 0 saturated heterocycles. The maximum atomic E-state index is 12.4. The average Bonchev–Trinajstić information content (AvgIpc) is 2.76. The minimum Gasteiger partial charge on any atom is -0.332 e. The van der Waals surface area contributed by atoms with Crippen LogP contribution in [0.5, 0.6) is 0 Å². The molecule has 0 aliphatic rings. The van der Waals surface area contributed by atoms with Crippen molar-refractivity contribution in [2.75, 3.05) is 19.6 Å². The van der Waals surface area contributed by atoms with Crippen molar-refractivity contribution in [1.82, 2.24) is 9.88 Å². The molecule has 1 heterocycles. The molecule has 0 saturated carbocycles. The third kappa shape index (κ3) is 5.80. The van der Waals surface area contributed by atoms with Gasteiger partial charge < -0.3 is 10.6 Å². The Labute approximate surface area is 121 Å². The molecule has 0 fully saturated rings. The van der Waals surface area contributed by atoms with Crippen molar-refractivity contribution in [3.05, 3.63) is 16.1 Å². The Morgan fingerprint density at radius 2 is 2.26 bits per heavy atom. The number of carbonyl (C=O) groups excluding carboxylic acids is 1. The highest BCUT2D eigenvalue weighted by molar-refractivity contribution is 7.09. The highest BCUT2D eigenvalue weighted by Gasteiger charge is 2.21. The zero-order valence-electron chi connectivity index (χ0n) is 10.6. The van der Waals surface area contributed by atoms with Gasteiger partial charge in [-0.05, 0) is 13.0 Å². The Kier molecular flexibility index (Phi) is 8.79. The molecule has 1 amide bonds. The first-order valence-electron chi connectivity index (χ1n) is 5.80. The standard InChI is InChI=1S/C11H17F2N3OS.ClH/c1-2-5-16(6-9(12)13)11(17)8-7-18-10(15-8)3-4-14;/h7,9H,2-6,14H2,1H3;1H. The normalized spacial score (nSPS) is 10.4. The monoisotopic (exact) mass is 313 g/mol. The number of rotatable bonds is 7. The largest absolute Gasteiger partial charge is 0.332 e. The minimum atomic E-state index is -2.53. The Hall–Kier alpha value is -0.790. The van der Waals surface area contributed by atoms with E-state index in [0.29, 0.717) is 25.9 Å². The second-order valence-electron chi connectivity index (χ2n) is 3.81. The fraction of sp³-hybridized carbons (Fsp3) is 0.636. The fourth-order valence-electron chi connectivity index (χ4n) is 1.52. The van der Waals surface area contributed by atoms with E-state index in [1.165, 1.54) is 11.3 Å². The van der Waals surface area contributed by atoms with Gasteiger partial charge >= 0.3 is 0 Å². The number of amides is 1. The van der Waals surface area contributed by atoms with Gasteiger partial charge in [0.25, 0.3) is 12.3 Å². The maximum Gasteiger partial charge on any atom is 0.273 e. The van der Waals surface area contributed by atoms with Crippen molar-refractivity contribution < 1.29 is 13.6 Å². The molecule has 1 aromatic rings. The molecule has 1 aromatic heterocycles. The smallest absolute Gasteiger partial charge is 0.273 e. The fourth-order valence-corrected chi connectivity index (χ4v) is 2.31. The molecule has 110 valence electrons. The van der Waals surface area contributed by atoms with E-state index in [9.17, 15) is 13.6 Å². The summed E-state index contributed by atoms with van der Waals surface area (Å²) in [5, 5.41) is 2.36. The van der Waals surface area contributed by atoms with Gasteiger partial charge in [0.2, 0.25) is 0 Å². The summed E-state index contributed by atoms with van der Waals surface area (Å²) < 4.78 is 24.8. The molecule has 8 heteroatoms. The van der Waals surface area contributed by atoms with Crippen molar-refractivity contribution in [1.29, 1.82) is 0 Å². The molecule has 4 nitrogen and oxygen atoms in total. The lowest BCUT2D eigenvalue weighted by Gasteiger charge is -2.20. The number of nitrogens with zero attached hydrogens (tertiary/aromatic N) is 2. The number of halogens is 3. The second-order valence-corrected chi connectivity index (χ2v) is 4.75. The zero-order chi connectivity index (χ0) is 13.5. The average molecular weight is 314 g/mol. The number of alkyl halides is 2. The van der Waals surface area contributed by atoms with Crippen LogP contribution >= 0.6 is 23.7 Å². The van der Waals surface area contributed by atoms with Crippen molar-refractivity contribution in [2.24, 2.45) is 5.73 Å². The Balaban J connectivity index is 0.00000324. The molecule has 0 spiro atoms. The Morgan fingerprint density at radius 3 is 2.79 bits per heavy atom. The van der Waals surface area contributed by atoms with E-state index >= 15 is 0 Å². The third-order valence-corrected chi connectivity index (χ3v) is 3.18. The first-order valence-corrected chi connectivity index (χ1v) is 6.68. The Morgan fingerprint density at radius 1 is 1.58 bits per heavy atom. The van der Waals surface area contributed by atoms with E-state index in [2.05, 4.69) is 4.98 Å². The van der Waals surface area contributed by atoms with Crippen molar-refractivity contribution in [2.45, 2.75) is 26.2 Å². The molecule has 0 aliphatic heterocycles. The molecule has 0 bridgehead atoms. The van der Waals surface area contributed by atoms with Crippen LogP contribution in [0.25, 0.3) is 0 Å². The highest BCUT2D eigenvalue weighted by atomic mass is 35.5. The van der Waals surface area contributed by atoms with E-state index < -0.39 is 18.9 Å². The van der Waals surface area contributed by atoms with Gasteiger partial charge in [-0.25, -0.2) is 13.8 Å². The zero-order valence-corrected chi connectivity index (χ0v) is 12.3. The van der Waals surface area contributed by atoms with Gasteiger partial charge in [0.05, 0.1) is 11.6 Å². The van der Waals surface area contributed by atoms with Crippen molar-refractivity contribution >= 4 is 29.7 Å². The summed E-state index contributed by atoms with van der Waals surface area (Å²) >= 11 is 1.33. The van der Waals surface area contributed by atoms with Gasteiger partial charge in [-0.2, -0.15) is 0 Å². The van der Waals surface area contributed by atoms with Gasteiger partial charge in [0.1, 0.15) is 5.69 Å². The quantitative estimate of drug-likeness (QED) is 0.839. The molecule has 0 aromatic carbocycles. The van der Waals surface area contributed by atoms with E-state index in [1.54, 1.807) is 5.38 Å². The van der Waals surface area contributed by atoms with Crippen LogP contribution in [0.2, 0.25) is 0 Å². The summed E-state index contributed by atoms with van der Waals surface area (Å²) in [6.07, 6.45) is -1.29. The maximum absolute atomic E-state index is 12.4. The Bertz CT molecular complexity index is 390. The van der Waals surface area contributed by atoms with Crippen LogP contribution in [0, 0.1) is 0 Å². The van der Waals surface area contributed by atoms with Crippen LogP contribution in [0.4, 0.5) is 8.78 Å². The van der Waals surface area contributed by atoms with Crippen molar-refractivity contribution in [3.63, 3.8) is 0 Å². The summed E-state index contributed by atoms with van der Waals surface area (Å²) in [5.74, 6) is -0.434. The van der Waals surface area contributed by atoms with Crippen molar-refractivity contribution in [3.8, 4) is 0 Å². The summed E-state index contributed by atoms with van der Waals surface area (Å²) in [6.45, 7) is 2.06. The van der Waals surface area contributed by atoms with Crippen LogP contribution in [-0.4, -0.2) is 41.9 Å². The molecular formula is C11H18ClF2N3OS. The summed E-state index contributed by atoms with van der Waals surface area (Å²) in [5.41, 5.74) is 5.63. The van der Waals surface area contributed by atoms with Crippen LogP contribution in [0.1, 0.15) is 28.8 Å². The number of carbonyl (C=O) groups is 1. The number of aromatic nitrogens is 1. The van der Waals surface area contributed by atoms with Crippen LogP contribution in [0.15, 0.2) is 5.38 Å². The second kappa shape index (κ2) is 9.17. The number of hydrogen-bond acceptors (Lipinski definition) is 4. The third-order valence-electron chi connectivity index (χ3n) is 2.27. The molecule has 0 unspecified atom stereocenters. The first kappa shape index (κ1) is 18.2. The molecule has 0 atom stereocenters. The predicted molar refractivity (Wildman–Crippen MR) is 74.3 cm³/mol. The SMILES string of the molecule is CCCN(CC(F)F)C(=O)c1csc(CCN)n1.Cl. The minimum absolute atomic E-state index is 0. The number of thiazole rings is 1. The number of hydrogen-bond donors (Lipinski definition) is 1. The molecule has 2 N–H and O–H groups in total. The van der Waals surface area contributed by atoms with E-state index in [4.69, 9.17) is 5.73 Å². The highest BCUT2D eigenvalue weighted by Crippen LogP contribution is 2.13. The summed E-state index contributed by atoms with van der Waals surface area (Å²) in [6, 6.07) is 0. The number of nitrogens with two attached hydrogens (primary N) is 1. The lowest BCUT2D eigenvalue weighted by Crippen LogP contribution is -2.35. The molecular weight excluding hydrogens is 296 g/mol. The first-order chi connectivity index (χ1) is 8.58. The molecule has 0 aliphatic carbocycles. The summed E-state index contributed by atoms with van der Waals surface area (Å²) in [7, 11) is 0. The van der Waals surface area contributed by atoms with Crippen LogP contribution in [-0.2, 0) is 6.42 Å². The van der Waals surface area contributed by atoms with Gasteiger partial charge in [-0.1, -0.05) is 6.92 Å². The van der Waals surface area contributed by atoms with Gasteiger partial charge in [-0.15, -0.1) is 23.7 Å². The van der Waals surface area contributed by atoms with Crippen LogP contribution in [0.3, 0.4) is 0 Å². The molecule has 1 rings (SSSR count). The topological polar surface area (TPSA) is 59.2 Å². The molecule has 19 heavy (non-hydrogen) atoms. The lowest BCUT2D eigenvalue weighted by molar-refractivity contribution is 0.0551. The molecule has 0 radical (unpaired) electrons. The van der Waals surface area contributed by atoms with E-state index in [1.807, 2.05) is 6.92 Å². The summed E-state index contributed by atoms with van der Waals surface area (Å²) in [4.78, 5) is 17.3. The van der Waals surface area contributed by atoms with Gasteiger partial charge in [0.15, 0.2) is 0 Å². The van der Waals surface area contributed by atoms with Gasteiger partial charge in [-0.3, -0.25) is 4.79 Å². The predicted octanol–water partition coefficient (Wildman–Crippen LogP) is 2.18. The lowest BCUT2D eigenvalue weighted by atomic mass is 10.3. The van der Waals surface area contributed by atoms with Crippen LogP contribution < -0.4 is 5.73 Å².